The van der Waals surface area contributed by atoms with E-state index < -0.39 is 0 Å². The van der Waals surface area contributed by atoms with Gasteiger partial charge in [-0.25, -0.2) is 0 Å². The molecule has 1 N–H and O–H groups in total. The number of likely N-dealkylation sites (tertiary alicyclic amines) is 1. The number of nitrogens with zero attached hydrogens (tertiary/aromatic N) is 4. The number of benzene rings is 2. The summed E-state index contributed by atoms with van der Waals surface area (Å²) in [6, 6.07) is 15.6. The number of aromatic nitrogens is 2. The number of nitrogens with one attached hydrogen (secondary N) is 1. The summed E-state index contributed by atoms with van der Waals surface area (Å²) in [4.78, 5) is 26.9. The average Bonchev–Trinajstić information content (AvgIpc) is 3.29. The summed E-state index contributed by atoms with van der Waals surface area (Å²) in [7, 11) is 0. The fraction of sp³-hybridized carbons (Fsp3) is 0.227. The second-order valence-corrected chi connectivity index (χ2v) is 8.61. The molecule has 0 atom stereocenters. The lowest BCUT2D eigenvalue weighted by molar-refractivity contribution is 0.0712. The standard InChI is InChI=1S/C22H18ClN5O2S/c23-17-2-1-3-18(12-17)25-19(29)21-27-26-20(31-21)15-8-10-28(11-9-15)22(30)16-6-4-14(13-24)5-7-16/h1-7,12,15H,8-11H2,(H,25,29). The van der Waals surface area contributed by atoms with Crippen molar-refractivity contribution in [3.63, 3.8) is 0 Å². The first kappa shape index (κ1) is 21.0. The molecule has 0 radical (unpaired) electrons. The fourth-order valence-electron chi connectivity index (χ4n) is 3.44. The molecule has 0 bridgehead atoms. The highest BCUT2D eigenvalue weighted by Gasteiger charge is 2.27. The molecule has 0 saturated carbocycles. The van der Waals surface area contributed by atoms with Gasteiger partial charge in [-0.3, -0.25) is 9.59 Å². The fourth-order valence-corrected chi connectivity index (χ4v) is 4.54. The minimum atomic E-state index is -0.320. The Morgan fingerprint density at radius 3 is 2.55 bits per heavy atom. The Bertz CT molecular complexity index is 1150. The van der Waals surface area contributed by atoms with Crippen molar-refractivity contribution in [1.29, 1.82) is 5.26 Å². The van der Waals surface area contributed by atoms with Crippen molar-refractivity contribution in [3.8, 4) is 6.07 Å². The molecule has 156 valence electrons. The topological polar surface area (TPSA) is 99.0 Å². The van der Waals surface area contributed by atoms with Crippen LogP contribution in [0.15, 0.2) is 48.5 Å². The van der Waals surface area contributed by atoms with Gasteiger partial charge < -0.3 is 10.2 Å². The normalized spacial score (nSPS) is 14.1. The third kappa shape index (κ3) is 4.90. The summed E-state index contributed by atoms with van der Waals surface area (Å²) in [6.07, 6.45) is 1.51. The lowest BCUT2D eigenvalue weighted by Crippen LogP contribution is -2.37. The van der Waals surface area contributed by atoms with Crippen LogP contribution in [-0.2, 0) is 0 Å². The molecular formula is C22H18ClN5O2S. The summed E-state index contributed by atoms with van der Waals surface area (Å²) in [6.45, 7) is 1.21. The van der Waals surface area contributed by atoms with Crippen LogP contribution in [0.4, 0.5) is 5.69 Å². The highest BCUT2D eigenvalue weighted by atomic mass is 35.5. The molecule has 2 amide bonds. The molecule has 0 unspecified atom stereocenters. The molecule has 0 aliphatic carbocycles. The van der Waals surface area contributed by atoms with Crippen molar-refractivity contribution in [2.24, 2.45) is 0 Å². The number of rotatable bonds is 4. The van der Waals surface area contributed by atoms with Gasteiger partial charge in [-0.1, -0.05) is 29.0 Å². The molecule has 2 heterocycles. The summed E-state index contributed by atoms with van der Waals surface area (Å²) in [5.74, 6) is -0.198. The van der Waals surface area contributed by atoms with Crippen LogP contribution in [0.2, 0.25) is 5.02 Å². The van der Waals surface area contributed by atoms with Gasteiger partial charge in [-0.15, -0.1) is 10.2 Å². The Morgan fingerprint density at radius 1 is 1.13 bits per heavy atom. The zero-order chi connectivity index (χ0) is 21.8. The van der Waals surface area contributed by atoms with Crippen LogP contribution in [0.3, 0.4) is 0 Å². The number of hydrogen-bond donors (Lipinski definition) is 1. The molecule has 1 aliphatic heterocycles. The van der Waals surface area contributed by atoms with Crippen molar-refractivity contribution in [1.82, 2.24) is 15.1 Å². The monoisotopic (exact) mass is 451 g/mol. The maximum Gasteiger partial charge on any atom is 0.286 e. The first-order chi connectivity index (χ1) is 15.0. The van der Waals surface area contributed by atoms with E-state index >= 15 is 0 Å². The van der Waals surface area contributed by atoms with E-state index in [-0.39, 0.29) is 17.7 Å². The first-order valence-electron chi connectivity index (χ1n) is 9.73. The van der Waals surface area contributed by atoms with Crippen LogP contribution in [0.25, 0.3) is 0 Å². The Balaban J connectivity index is 1.35. The second kappa shape index (κ2) is 9.25. The van der Waals surface area contributed by atoms with Gasteiger partial charge in [0.2, 0.25) is 5.01 Å². The number of amides is 2. The molecular weight excluding hydrogens is 434 g/mol. The van der Waals surface area contributed by atoms with Crippen LogP contribution in [0, 0.1) is 11.3 Å². The predicted molar refractivity (Wildman–Crippen MR) is 118 cm³/mol. The van der Waals surface area contributed by atoms with Crippen LogP contribution >= 0.6 is 22.9 Å². The van der Waals surface area contributed by atoms with Gasteiger partial charge in [0.1, 0.15) is 5.01 Å². The van der Waals surface area contributed by atoms with Crippen LogP contribution in [-0.4, -0.2) is 40.0 Å². The second-order valence-electron chi connectivity index (χ2n) is 7.17. The van der Waals surface area contributed by atoms with E-state index in [2.05, 4.69) is 21.6 Å². The number of halogens is 1. The maximum atomic E-state index is 12.7. The number of nitriles is 1. The van der Waals surface area contributed by atoms with Crippen molar-refractivity contribution < 1.29 is 9.59 Å². The van der Waals surface area contributed by atoms with Gasteiger partial charge in [0.25, 0.3) is 11.8 Å². The summed E-state index contributed by atoms with van der Waals surface area (Å²) >= 11 is 7.23. The van der Waals surface area contributed by atoms with E-state index in [1.807, 2.05) is 4.90 Å². The zero-order valence-electron chi connectivity index (χ0n) is 16.4. The summed E-state index contributed by atoms with van der Waals surface area (Å²) in [5.41, 5.74) is 1.71. The van der Waals surface area contributed by atoms with Gasteiger partial charge >= 0.3 is 0 Å². The van der Waals surface area contributed by atoms with Gasteiger partial charge in [-0.05, 0) is 55.3 Å². The maximum absolute atomic E-state index is 12.7. The van der Waals surface area contributed by atoms with E-state index in [0.717, 1.165) is 17.8 Å². The molecule has 0 spiro atoms. The molecule has 2 aromatic carbocycles. The molecule has 1 aliphatic rings. The Labute approximate surface area is 188 Å². The minimum absolute atomic E-state index is 0.0400. The Kier molecular flexibility index (Phi) is 6.26. The first-order valence-corrected chi connectivity index (χ1v) is 10.9. The van der Waals surface area contributed by atoms with Crippen LogP contribution in [0.1, 0.15) is 49.5 Å². The van der Waals surface area contributed by atoms with Crippen molar-refractivity contribution in [2.45, 2.75) is 18.8 Å². The van der Waals surface area contributed by atoms with Crippen molar-refractivity contribution in [3.05, 3.63) is 74.7 Å². The molecule has 1 fully saturated rings. The SMILES string of the molecule is N#Cc1ccc(C(=O)N2CCC(c3nnc(C(=O)Nc4cccc(Cl)c4)s3)CC2)cc1. The van der Waals surface area contributed by atoms with Crippen LogP contribution in [0.5, 0.6) is 0 Å². The smallest absolute Gasteiger partial charge is 0.286 e. The number of anilines is 1. The Hall–Kier alpha value is -3.28. The quantitative estimate of drug-likeness (QED) is 0.636. The van der Waals surface area contributed by atoms with Gasteiger partial charge in [0.05, 0.1) is 11.6 Å². The average molecular weight is 452 g/mol. The Morgan fingerprint density at radius 2 is 1.87 bits per heavy atom. The predicted octanol–water partition coefficient (Wildman–Crippen LogP) is 4.34. The van der Waals surface area contributed by atoms with Crippen molar-refractivity contribution in [2.75, 3.05) is 18.4 Å². The van der Waals surface area contributed by atoms with E-state index in [1.54, 1.807) is 48.5 Å². The van der Waals surface area contributed by atoms with E-state index in [1.165, 1.54) is 11.3 Å². The van der Waals surface area contributed by atoms with Crippen LogP contribution < -0.4 is 5.32 Å². The van der Waals surface area contributed by atoms with E-state index in [0.29, 0.717) is 39.9 Å². The summed E-state index contributed by atoms with van der Waals surface area (Å²) in [5, 5.41) is 21.6. The number of piperidine rings is 1. The highest BCUT2D eigenvalue weighted by molar-refractivity contribution is 7.13. The van der Waals surface area contributed by atoms with E-state index in [9.17, 15) is 9.59 Å². The molecule has 31 heavy (non-hydrogen) atoms. The molecule has 1 saturated heterocycles. The molecule has 9 heteroatoms. The van der Waals surface area contributed by atoms with Gasteiger partial charge in [0.15, 0.2) is 0 Å². The number of carbonyl (C=O) groups excluding carboxylic acids is 2. The number of hydrogen-bond acceptors (Lipinski definition) is 6. The number of carbonyl (C=O) groups is 2. The minimum Gasteiger partial charge on any atom is -0.339 e. The largest absolute Gasteiger partial charge is 0.339 e. The molecule has 7 nitrogen and oxygen atoms in total. The van der Waals surface area contributed by atoms with Gasteiger partial charge in [0, 0.05) is 35.3 Å². The third-order valence-electron chi connectivity index (χ3n) is 5.11. The zero-order valence-corrected chi connectivity index (χ0v) is 18.0. The highest BCUT2D eigenvalue weighted by Crippen LogP contribution is 2.31. The summed E-state index contributed by atoms with van der Waals surface area (Å²) < 4.78 is 0. The molecule has 4 rings (SSSR count). The molecule has 3 aromatic rings. The lowest BCUT2D eigenvalue weighted by atomic mass is 9.97. The third-order valence-corrected chi connectivity index (χ3v) is 6.43. The lowest BCUT2D eigenvalue weighted by Gasteiger charge is -2.31. The van der Waals surface area contributed by atoms with Crippen molar-refractivity contribution >= 4 is 40.4 Å². The molecule has 1 aromatic heterocycles. The van der Waals surface area contributed by atoms with E-state index in [4.69, 9.17) is 16.9 Å². The van der Waals surface area contributed by atoms with Gasteiger partial charge in [-0.2, -0.15) is 5.26 Å².